The van der Waals surface area contributed by atoms with Crippen molar-refractivity contribution >= 4 is 18.5 Å². The van der Waals surface area contributed by atoms with Crippen LogP contribution in [0.25, 0.3) is 0 Å². The Hall–Kier alpha value is 0.335. The third-order valence-electron chi connectivity index (χ3n) is 0.139. The van der Waals surface area contributed by atoms with Crippen molar-refractivity contribution in [1.82, 2.24) is 0 Å². The Bertz CT molecular complexity index is 17.1. The highest BCUT2D eigenvalue weighted by atomic mass is 32.2. The molecule has 5 heavy (non-hydrogen) atoms. The lowest BCUT2D eigenvalue weighted by atomic mass is 10.2. The monoisotopic (exact) mass is 91.0 g/mol. The molecule has 0 saturated carbocycles. The molecule has 0 heterocycles. The van der Waals surface area contributed by atoms with Gasteiger partial charge >= 0.3 is 0 Å². The summed E-state index contributed by atoms with van der Waals surface area (Å²) in [6, 6.07) is 0. The van der Waals surface area contributed by atoms with Crippen molar-refractivity contribution in [3.05, 3.63) is 0 Å². The normalized spacial score (nSPS) is 7.60. The third-order valence-corrected chi connectivity index (χ3v) is 0.418. The van der Waals surface area contributed by atoms with Gasteiger partial charge in [-0.3, -0.25) is 0 Å². The van der Waals surface area contributed by atoms with Crippen molar-refractivity contribution in [2.45, 2.75) is 6.82 Å². The molecule has 4 heteroatoms. The molecule has 1 N–H and O–H groups in total. The summed E-state index contributed by atoms with van der Waals surface area (Å²) in [5.41, 5.74) is 0. The standard InChI is InChI=1S/CH4BO2S/c1-2-5-4-3/h3H,1H3. The molecule has 0 aliphatic heterocycles. The van der Waals surface area contributed by atoms with E-state index in [1.165, 1.54) is 0 Å². The number of hydrogen-bond acceptors (Lipinski definition) is 3. The smallest absolute Gasteiger partial charge is 0.232 e. The third kappa shape index (κ3) is 4.33. The summed E-state index contributed by atoms with van der Waals surface area (Å²) in [4.78, 5) is 0. The SMILES string of the molecule is C[B]SOO. The molecular weight excluding hydrogens is 86.9 g/mol. The van der Waals surface area contributed by atoms with Gasteiger partial charge < -0.3 is 0 Å². The zero-order valence-electron chi connectivity index (χ0n) is 2.84. The second-order valence-electron chi connectivity index (χ2n) is 0.406. The van der Waals surface area contributed by atoms with Crippen LogP contribution in [0.4, 0.5) is 0 Å². The molecule has 0 bridgehead atoms. The average Bonchev–Trinajstić information content (AvgIpc) is 1.41. The van der Waals surface area contributed by atoms with E-state index in [1.54, 1.807) is 13.4 Å². The molecule has 0 aliphatic rings. The van der Waals surface area contributed by atoms with Crippen LogP contribution in [0.1, 0.15) is 0 Å². The molecule has 0 unspecified atom stereocenters. The quantitative estimate of drug-likeness (QED) is 0.236. The predicted molar refractivity (Wildman–Crippen MR) is 22.9 cm³/mol. The van der Waals surface area contributed by atoms with Crippen molar-refractivity contribution in [3.63, 3.8) is 0 Å². The molecule has 0 aromatic carbocycles. The van der Waals surface area contributed by atoms with E-state index in [0.29, 0.717) is 0 Å². The first-order chi connectivity index (χ1) is 2.41. The van der Waals surface area contributed by atoms with Gasteiger partial charge in [0.2, 0.25) is 6.56 Å². The van der Waals surface area contributed by atoms with Crippen molar-refractivity contribution in [1.29, 1.82) is 0 Å². The van der Waals surface area contributed by atoms with Gasteiger partial charge in [0.1, 0.15) is 0 Å². The van der Waals surface area contributed by atoms with Crippen LogP contribution in [0, 0.1) is 0 Å². The highest BCUT2D eigenvalue weighted by Gasteiger charge is 1.73. The maximum absolute atomic E-state index is 7.50. The number of hydrogen-bond donors (Lipinski definition) is 1. The average molecular weight is 90.9 g/mol. The van der Waals surface area contributed by atoms with E-state index in [9.17, 15) is 0 Å². The largest absolute Gasteiger partial charge is 0.240 e. The van der Waals surface area contributed by atoms with Gasteiger partial charge in [-0.2, -0.15) is 4.33 Å². The molecule has 0 atom stereocenters. The van der Waals surface area contributed by atoms with E-state index in [-0.39, 0.29) is 0 Å². The Balaban J connectivity index is 2.19. The summed E-state index contributed by atoms with van der Waals surface area (Å²) in [6.07, 6.45) is 0. The van der Waals surface area contributed by atoms with E-state index in [0.717, 1.165) is 11.9 Å². The maximum Gasteiger partial charge on any atom is 0.232 e. The zero-order chi connectivity index (χ0) is 4.12. The van der Waals surface area contributed by atoms with Crippen LogP contribution in [0.2, 0.25) is 6.82 Å². The molecule has 0 aliphatic carbocycles. The Morgan fingerprint density at radius 1 is 2.00 bits per heavy atom. The van der Waals surface area contributed by atoms with E-state index in [4.69, 9.17) is 5.26 Å². The van der Waals surface area contributed by atoms with Gasteiger partial charge in [-0.25, -0.2) is 5.26 Å². The lowest BCUT2D eigenvalue weighted by Gasteiger charge is -1.78. The lowest BCUT2D eigenvalue weighted by molar-refractivity contribution is -0.114. The van der Waals surface area contributed by atoms with Crippen LogP contribution in [-0.2, 0) is 4.33 Å². The summed E-state index contributed by atoms with van der Waals surface area (Å²) >= 11 is 0.894. The minimum atomic E-state index is 0.894. The lowest BCUT2D eigenvalue weighted by Crippen LogP contribution is -1.70. The van der Waals surface area contributed by atoms with Gasteiger partial charge in [0.15, 0.2) is 0 Å². The van der Waals surface area contributed by atoms with Crippen LogP contribution in [0.3, 0.4) is 0 Å². The van der Waals surface area contributed by atoms with Crippen LogP contribution >= 0.6 is 11.9 Å². The zero-order valence-corrected chi connectivity index (χ0v) is 3.66. The van der Waals surface area contributed by atoms with Gasteiger partial charge in [0, 0.05) is 0 Å². The predicted octanol–water partition coefficient (Wildman–Crippen LogP) is 0.791. The fourth-order valence-corrected chi connectivity index (χ4v) is 0.129. The topological polar surface area (TPSA) is 29.5 Å². The molecule has 0 fully saturated rings. The van der Waals surface area contributed by atoms with Gasteiger partial charge in [-0.05, 0) is 11.9 Å². The van der Waals surface area contributed by atoms with Crippen LogP contribution < -0.4 is 0 Å². The fraction of sp³-hybridized carbons (Fsp3) is 1.00. The fourth-order valence-electron chi connectivity index (χ4n) is 0.0430. The Kier molecular flexibility index (Phi) is 4.63. The minimum absolute atomic E-state index is 0.894. The molecular formula is CH4BO2S. The van der Waals surface area contributed by atoms with Crippen molar-refractivity contribution in [2.24, 2.45) is 0 Å². The summed E-state index contributed by atoms with van der Waals surface area (Å²) in [5.74, 6) is 0. The van der Waals surface area contributed by atoms with Crippen molar-refractivity contribution in [2.75, 3.05) is 0 Å². The van der Waals surface area contributed by atoms with Gasteiger partial charge in [-0.1, -0.05) is 6.82 Å². The summed E-state index contributed by atoms with van der Waals surface area (Å²) in [6.45, 7) is 3.39. The van der Waals surface area contributed by atoms with E-state index >= 15 is 0 Å². The van der Waals surface area contributed by atoms with E-state index in [2.05, 4.69) is 4.33 Å². The molecule has 29 valence electrons. The van der Waals surface area contributed by atoms with E-state index < -0.39 is 0 Å². The molecule has 0 rings (SSSR count). The summed E-state index contributed by atoms with van der Waals surface area (Å²) in [5, 5.41) is 7.50. The minimum Gasteiger partial charge on any atom is -0.240 e. The van der Waals surface area contributed by atoms with Crippen LogP contribution in [0.15, 0.2) is 0 Å². The van der Waals surface area contributed by atoms with E-state index in [1.807, 2.05) is 0 Å². The summed E-state index contributed by atoms with van der Waals surface area (Å²) in [7, 11) is 0. The Morgan fingerprint density at radius 3 is 2.60 bits per heavy atom. The van der Waals surface area contributed by atoms with Crippen molar-refractivity contribution < 1.29 is 9.59 Å². The van der Waals surface area contributed by atoms with Gasteiger partial charge in [0.05, 0.1) is 0 Å². The Labute approximate surface area is 35.8 Å². The first kappa shape index (κ1) is 5.33. The highest BCUT2D eigenvalue weighted by molar-refractivity contribution is 8.18. The first-order valence-corrected chi connectivity index (χ1v) is 1.97. The highest BCUT2D eigenvalue weighted by Crippen LogP contribution is 1.90. The van der Waals surface area contributed by atoms with Crippen LogP contribution in [0.5, 0.6) is 0 Å². The Morgan fingerprint density at radius 2 is 2.60 bits per heavy atom. The second kappa shape index (κ2) is 4.33. The first-order valence-electron chi connectivity index (χ1n) is 1.16. The number of rotatable bonds is 2. The van der Waals surface area contributed by atoms with Gasteiger partial charge in [0.25, 0.3) is 0 Å². The molecule has 2 nitrogen and oxygen atoms in total. The second-order valence-corrected chi connectivity index (χ2v) is 1.22. The van der Waals surface area contributed by atoms with Crippen LogP contribution in [-0.4, -0.2) is 11.8 Å². The molecule has 1 radical (unpaired) electrons. The molecule has 0 spiro atoms. The van der Waals surface area contributed by atoms with Gasteiger partial charge in [-0.15, -0.1) is 0 Å². The molecule has 0 aromatic heterocycles. The van der Waals surface area contributed by atoms with Crippen molar-refractivity contribution in [3.8, 4) is 0 Å². The summed E-state index contributed by atoms with van der Waals surface area (Å²) < 4.78 is 3.55. The molecule has 0 saturated heterocycles. The molecule has 0 aromatic rings. The molecule has 0 amide bonds. The maximum atomic E-state index is 7.50.